The third-order valence-corrected chi connectivity index (χ3v) is 3.10. The van der Waals surface area contributed by atoms with Crippen molar-refractivity contribution in [2.24, 2.45) is 0 Å². The minimum Gasteiger partial charge on any atom is -0.464 e. The first kappa shape index (κ1) is 11.6. The molecule has 0 radical (unpaired) electrons. The predicted octanol–water partition coefficient (Wildman–Crippen LogP) is 1.76. The van der Waals surface area contributed by atoms with Crippen LogP contribution in [0.2, 0.25) is 0 Å². The first-order valence-corrected chi connectivity index (χ1v) is 5.94. The summed E-state index contributed by atoms with van der Waals surface area (Å²) in [5, 5.41) is 3.27. The van der Waals surface area contributed by atoms with Gasteiger partial charge in [0.2, 0.25) is 0 Å². The Morgan fingerprint density at radius 2 is 2.19 bits per heavy atom. The molecule has 1 saturated heterocycles. The lowest BCUT2D eigenvalue weighted by molar-refractivity contribution is 0.129. The molecule has 3 nitrogen and oxygen atoms in total. The normalized spacial score (nSPS) is 19.9. The molecule has 1 aliphatic heterocycles. The molecule has 0 saturated carbocycles. The van der Waals surface area contributed by atoms with E-state index in [2.05, 4.69) is 10.2 Å². The van der Waals surface area contributed by atoms with Crippen LogP contribution < -0.4 is 5.32 Å². The zero-order valence-corrected chi connectivity index (χ0v) is 9.71. The highest BCUT2D eigenvalue weighted by Crippen LogP contribution is 2.24. The van der Waals surface area contributed by atoms with Crippen LogP contribution in [0.5, 0.6) is 0 Å². The fourth-order valence-electron chi connectivity index (χ4n) is 2.11. The van der Waals surface area contributed by atoms with Gasteiger partial charge in [-0.25, -0.2) is 4.39 Å². The van der Waals surface area contributed by atoms with E-state index in [4.69, 9.17) is 4.42 Å². The number of hydrogen-bond donors (Lipinski definition) is 1. The van der Waals surface area contributed by atoms with Gasteiger partial charge in [0.15, 0.2) is 0 Å². The van der Waals surface area contributed by atoms with Crippen LogP contribution in [0.4, 0.5) is 4.39 Å². The van der Waals surface area contributed by atoms with E-state index >= 15 is 0 Å². The Morgan fingerprint density at radius 3 is 2.75 bits per heavy atom. The van der Waals surface area contributed by atoms with Crippen molar-refractivity contribution < 1.29 is 8.81 Å². The number of halogens is 1. The summed E-state index contributed by atoms with van der Waals surface area (Å²) in [5.41, 5.74) is 0. The molecule has 1 aromatic heterocycles. The number of furan rings is 1. The Kier molecular flexibility index (Phi) is 3.96. The number of hydrogen-bond acceptors (Lipinski definition) is 3. The summed E-state index contributed by atoms with van der Waals surface area (Å²) < 4.78 is 18.8. The highest BCUT2D eigenvalue weighted by Gasteiger charge is 2.24. The zero-order valence-electron chi connectivity index (χ0n) is 9.71. The lowest BCUT2D eigenvalue weighted by atomic mass is 10.2. The van der Waals surface area contributed by atoms with Gasteiger partial charge in [-0.1, -0.05) is 6.92 Å². The van der Waals surface area contributed by atoms with Crippen molar-refractivity contribution in [2.45, 2.75) is 19.4 Å². The second-order valence-electron chi connectivity index (χ2n) is 4.11. The summed E-state index contributed by atoms with van der Waals surface area (Å²) >= 11 is 0. The third-order valence-electron chi connectivity index (χ3n) is 3.10. The van der Waals surface area contributed by atoms with Crippen molar-refractivity contribution in [3.05, 3.63) is 23.7 Å². The standard InChI is InChI=1S/C12H19FN2O/c1-2-10-3-4-12(16-10)11(9-13)15-7-5-14-6-8-15/h3-4,11,14H,2,5-9H2,1H3/t11-/m1/s1. The monoisotopic (exact) mass is 226 g/mol. The lowest BCUT2D eigenvalue weighted by Crippen LogP contribution is -2.45. The summed E-state index contributed by atoms with van der Waals surface area (Å²) in [6.45, 7) is 5.29. The zero-order chi connectivity index (χ0) is 11.4. The molecule has 1 fully saturated rings. The molecule has 2 heterocycles. The molecule has 16 heavy (non-hydrogen) atoms. The van der Waals surface area contributed by atoms with E-state index < -0.39 is 0 Å². The maximum atomic E-state index is 13.1. The van der Waals surface area contributed by atoms with E-state index in [0.717, 1.165) is 44.1 Å². The van der Waals surface area contributed by atoms with E-state index in [1.807, 2.05) is 19.1 Å². The molecule has 0 unspecified atom stereocenters. The van der Waals surface area contributed by atoms with Gasteiger partial charge in [0, 0.05) is 32.6 Å². The van der Waals surface area contributed by atoms with E-state index in [-0.39, 0.29) is 12.7 Å². The molecule has 1 N–H and O–H groups in total. The van der Waals surface area contributed by atoms with Gasteiger partial charge in [0.25, 0.3) is 0 Å². The fraction of sp³-hybridized carbons (Fsp3) is 0.667. The van der Waals surface area contributed by atoms with Crippen LogP contribution in [-0.2, 0) is 6.42 Å². The molecule has 0 aliphatic carbocycles. The Labute approximate surface area is 95.6 Å². The van der Waals surface area contributed by atoms with Crippen molar-refractivity contribution in [3.63, 3.8) is 0 Å². The molecule has 0 amide bonds. The summed E-state index contributed by atoms with van der Waals surface area (Å²) in [5.74, 6) is 1.70. The van der Waals surface area contributed by atoms with Gasteiger partial charge in [0.1, 0.15) is 18.2 Å². The van der Waals surface area contributed by atoms with Crippen LogP contribution in [0, 0.1) is 0 Å². The Bertz CT molecular complexity index is 321. The second-order valence-corrected chi connectivity index (χ2v) is 4.11. The van der Waals surface area contributed by atoms with Crippen LogP contribution in [0.25, 0.3) is 0 Å². The molecule has 0 bridgehead atoms. The first-order chi connectivity index (χ1) is 7.85. The minimum absolute atomic E-state index is 0.206. The fourth-order valence-corrected chi connectivity index (χ4v) is 2.11. The number of aryl methyl sites for hydroxylation is 1. The maximum Gasteiger partial charge on any atom is 0.124 e. The van der Waals surface area contributed by atoms with Crippen LogP contribution in [0.15, 0.2) is 16.5 Å². The summed E-state index contributed by atoms with van der Waals surface area (Å²) in [4.78, 5) is 2.15. The third kappa shape index (κ3) is 2.44. The number of alkyl halides is 1. The number of piperazine rings is 1. The lowest BCUT2D eigenvalue weighted by Gasteiger charge is -2.32. The van der Waals surface area contributed by atoms with Gasteiger partial charge in [-0.3, -0.25) is 4.90 Å². The van der Waals surface area contributed by atoms with Gasteiger partial charge in [-0.05, 0) is 12.1 Å². The smallest absolute Gasteiger partial charge is 0.124 e. The topological polar surface area (TPSA) is 28.4 Å². The first-order valence-electron chi connectivity index (χ1n) is 5.94. The molecule has 0 aromatic carbocycles. The Morgan fingerprint density at radius 1 is 1.44 bits per heavy atom. The Balaban J connectivity index is 2.08. The molecule has 2 rings (SSSR count). The summed E-state index contributed by atoms with van der Waals surface area (Å²) in [6.07, 6.45) is 0.862. The van der Waals surface area contributed by atoms with Gasteiger partial charge in [0.05, 0.1) is 6.04 Å². The predicted molar refractivity (Wildman–Crippen MR) is 61.2 cm³/mol. The molecular weight excluding hydrogens is 207 g/mol. The van der Waals surface area contributed by atoms with Crippen LogP contribution in [-0.4, -0.2) is 37.8 Å². The SMILES string of the molecule is CCc1ccc([C@@H](CF)N2CCNCC2)o1. The van der Waals surface area contributed by atoms with Crippen molar-refractivity contribution >= 4 is 0 Å². The number of rotatable bonds is 4. The quantitative estimate of drug-likeness (QED) is 0.848. The van der Waals surface area contributed by atoms with E-state index in [0.29, 0.717) is 0 Å². The Hall–Kier alpha value is -0.870. The van der Waals surface area contributed by atoms with Gasteiger partial charge >= 0.3 is 0 Å². The van der Waals surface area contributed by atoms with E-state index in [1.165, 1.54) is 0 Å². The summed E-state index contributed by atoms with van der Waals surface area (Å²) in [7, 11) is 0. The molecule has 1 atom stereocenters. The highest BCUT2D eigenvalue weighted by atomic mass is 19.1. The van der Waals surface area contributed by atoms with Gasteiger partial charge < -0.3 is 9.73 Å². The molecule has 1 aliphatic rings. The largest absolute Gasteiger partial charge is 0.464 e. The average Bonchev–Trinajstić information content (AvgIpc) is 2.80. The van der Waals surface area contributed by atoms with Gasteiger partial charge in [-0.2, -0.15) is 0 Å². The average molecular weight is 226 g/mol. The van der Waals surface area contributed by atoms with Crippen LogP contribution >= 0.6 is 0 Å². The number of nitrogens with one attached hydrogen (secondary N) is 1. The maximum absolute atomic E-state index is 13.1. The van der Waals surface area contributed by atoms with Crippen molar-refractivity contribution in [2.75, 3.05) is 32.9 Å². The summed E-state index contributed by atoms with van der Waals surface area (Å²) in [6, 6.07) is 3.65. The highest BCUT2D eigenvalue weighted by molar-refractivity contribution is 5.11. The van der Waals surface area contributed by atoms with Gasteiger partial charge in [-0.15, -0.1) is 0 Å². The van der Waals surface area contributed by atoms with Crippen molar-refractivity contribution in [1.29, 1.82) is 0 Å². The minimum atomic E-state index is -0.378. The molecular formula is C12H19FN2O. The molecule has 4 heteroatoms. The van der Waals surface area contributed by atoms with E-state index in [1.54, 1.807) is 0 Å². The number of nitrogens with zero attached hydrogens (tertiary/aromatic N) is 1. The van der Waals surface area contributed by atoms with Crippen LogP contribution in [0.3, 0.4) is 0 Å². The van der Waals surface area contributed by atoms with Crippen molar-refractivity contribution in [1.82, 2.24) is 10.2 Å². The van der Waals surface area contributed by atoms with Crippen molar-refractivity contribution in [3.8, 4) is 0 Å². The van der Waals surface area contributed by atoms with Crippen LogP contribution in [0.1, 0.15) is 24.5 Å². The van der Waals surface area contributed by atoms with E-state index in [9.17, 15) is 4.39 Å². The second kappa shape index (κ2) is 5.46. The molecule has 1 aromatic rings. The molecule has 0 spiro atoms. The molecule has 90 valence electrons.